The second kappa shape index (κ2) is 16.0. The molecule has 0 radical (unpaired) electrons. The molecule has 2 amide bonds. The van der Waals surface area contributed by atoms with Crippen LogP contribution in [0.3, 0.4) is 0 Å². The van der Waals surface area contributed by atoms with Gasteiger partial charge in [-0.1, -0.05) is 39.5 Å². The van der Waals surface area contributed by atoms with E-state index >= 15 is 0 Å². The van der Waals surface area contributed by atoms with Crippen molar-refractivity contribution in [3.8, 4) is 0 Å². The van der Waals surface area contributed by atoms with E-state index in [0.717, 1.165) is 6.07 Å². The number of hydrogen-bond donors (Lipinski definition) is 4. The van der Waals surface area contributed by atoms with Crippen LogP contribution in [-0.2, 0) is 19.1 Å². The number of nitrogens with one attached hydrogen (secondary N) is 2. The van der Waals surface area contributed by atoms with E-state index in [1.807, 2.05) is 13.8 Å². The fourth-order valence-electron chi connectivity index (χ4n) is 3.60. The van der Waals surface area contributed by atoms with Gasteiger partial charge in [-0.25, -0.2) is 19.2 Å². The molecule has 0 saturated carbocycles. The molecule has 1 aromatic rings. The van der Waals surface area contributed by atoms with Crippen molar-refractivity contribution in [2.75, 3.05) is 13.2 Å². The highest BCUT2D eigenvalue weighted by molar-refractivity contribution is 6.12. The van der Waals surface area contributed by atoms with Gasteiger partial charge in [0.1, 0.15) is 12.1 Å². The lowest BCUT2D eigenvalue weighted by atomic mass is 9.96. The average molecular weight is 537 g/mol. The van der Waals surface area contributed by atoms with Crippen LogP contribution in [0, 0.1) is 0 Å². The molecule has 38 heavy (non-hydrogen) atoms. The van der Waals surface area contributed by atoms with Gasteiger partial charge in [-0.3, -0.25) is 9.59 Å². The van der Waals surface area contributed by atoms with Crippen LogP contribution in [0.2, 0.25) is 0 Å². The Bertz CT molecular complexity index is 960. The van der Waals surface area contributed by atoms with Gasteiger partial charge in [0.2, 0.25) is 0 Å². The largest absolute Gasteiger partial charge is 0.478 e. The number of aromatic carboxylic acids is 2. The van der Waals surface area contributed by atoms with E-state index in [-0.39, 0.29) is 26.1 Å². The van der Waals surface area contributed by atoms with Crippen molar-refractivity contribution in [2.45, 2.75) is 78.3 Å². The second-order valence-corrected chi connectivity index (χ2v) is 8.39. The van der Waals surface area contributed by atoms with Crippen LogP contribution in [0.25, 0.3) is 0 Å². The topological polar surface area (TPSA) is 185 Å². The molecule has 0 aliphatic heterocycles. The highest BCUT2D eigenvalue weighted by Crippen LogP contribution is 2.20. The van der Waals surface area contributed by atoms with Crippen LogP contribution in [-0.4, -0.2) is 71.2 Å². The zero-order chi connectivity index (χ0) is 28.8. The molecule has 210 valence electrons. The summed E-state index contributed by atoms with van der Waals surface area (Å²) in [5.74, 6) is -6.65. The van der Waals surface area contributed by atoms with Gasteiger partial charge in [-0.15, -0.1) is 0 Å². The van der Waals surface area contributed by atoms with E-state index in [4.69, 9.17) is 9.47 Å². The predicted octanol–water partition coefficient (Wildman–Crippen LogP) is 2.79. The number of hydrogen-bond acceptors (Lipinski definition) is 8. The van der Waals surface area contributed by atoms with Crippen LogP contribution in [0.4, 0.5) is 0 Å². The van der Waals surface area contributed by atoms with Crippen LogP contribution in [0.5, 0.6) is 0 Å². The fraction of sp³-hybridized carbons (Fsp3) is 0.538. The van der Waals surface area contributed by atoms with Crippen molar-refractivity contribution in [2.24, 2.45) is 0 Å². The highest BCUT2D eigenvalue weighted by Gasteiger charge is 2.30. The number of carboxylic acids is 2. The molecule has 0 spiro atoms. The maximum atomic E-state index is 13.1. The van der Waals surface area contributed by atoms with Gasteiger partial charge < -0.3 is 30.3 Å². The minimum Gasteiger partial charge on any atom is -0.478 e. The molecule has 12 nitrogen and oxygen atoms in total. The first kappa shape index (κ1) is 32.1. The Labute approximate surface area is 221 Å². The third kappa shape index (κ3) is 9.16. The van der Waals surface area contributed by atoms with E-state index in [9.17, 15) is 39.0 Å². The smallest absolute Gasteiger partial charge is 0.336 e. The first-order chi connectivity index (χ1) is 18.0. The second-order valence-electron chi connectivity index (χ2n) is 8.39. The number of ether oxygens (including phenoxy) is 2. The lowest BCUT2D eigenvalue weighted by molar-refractivity contribution is -0.146. The van der Waals surface area contributed by atoms with Gasteiger partial charge in [0.25, 0.3) is 11.8 Å². The molecule has 1 rings (SSSR count). The monoisotopic (exact) mass is 536 g/mol. The van der Waals surface area contributed by atoms with E-state index in [2.05, 4.69) is 10.6 Å². The molecular formula is C26H36N2O10. The first-order valence-electron chi connectivity index (χ1n) is 12.6. The molecule has 1 aromatic carbocycles. The summed E-state index contributed by atoms with van der Waals surface area (Å²) in [6.45, 7) is 7.08. The van der Waals surface area contributed by atoms with Crippen molar-refractivity contribution >= 4 is 35.7 Å². The Morgan fingerprint density at radius 2 is 1.00 bits per heavy atom. The first-order valence-corrected chi connectivity index (χ1v) is 12.6. The average Bonchev–Trinajstić information content (AvgIpc) is 2.87. The highest BCUT2D eigenvalue weighted by atomic mass is 16.5. The number of carbonyl (C=O) groups excluding carboxylic acids is 4. The molecule has 0 heterocycles. The SMILES string of the molecule is CCCCC(NC(=O)c1cc(C(=O)NC(CCCC)C(=O)OCC)c(C(=O)O)cc1C(=O)O)C(=O)OCC. The number of unbranched alkanes of at least 4 members (excludes halogenated alkanes) is 2. The predicted molar refractivity (Wildman–Crippen MR) is 135 cm³/mol. The van der Waals surface area contributed by atoms with E-state index in [0.29, 0.717) is 31.7 Å². The Balaban J connectivity index is 3.52. The maximum Gasteiger partial charge on any atom is 0.336 e. The Kier molecular flexibility index (Phi) is 13.5. The summed E-state index contributed by atoms with van der Waals surface area (Å²) >= 11 is 0. The van der Waals surface area contributed by atoms with Crippen molar-refractivity contribution in [1.82, 2.24) is 10.6 Å². The van der Waals surface area contributed by atoms with E-state index in [1.165, 1.54) is 0 Å². The van der Waals surface area contributed by atoms with Gasteiger partial charge >= 0.3 is 23.9 Å². The summed E-state index contributed by atoms with van der Waals surface area (Å²) in [5.41, 5.74) is -2.41. The van der Waals surface area contributed by atoms with Crippen molar-refractivity contribution in [3.05, 3.63) is 34.4 Å². The van der Waals surface area contributed by atoms with Gasteiger partial charge in [-0.05, 0) is 38.8 Å². The standard InChI is InChI=1S/C26H36N2O10/c1-5-9-11-19(25(35)37-7-3)27-21(29)15-13-16(18(24(33)34)14-17(15)23(31)32)22(30)28-20(12-10-6-2)26(36)38-8-4/h13-14,19-20H,5-12H2,1-4H3,(H,27,29)(H,28,30)(H,31,32)(H,33,34). The zero-order valence-corrected chi connectivity index (χ0v) is 22.1. The molecule has 0 aromatic heterocycles. The summed E-state index contributed by atoms with van der Waals surface area (Å²) < 4.78 is 9.98. The normalized spacial score (nSPS) is 12.1. The molecule has 12 heteroatoms. The number of carbonyl (C=O) groups is 6. The van der Waals surface area contributed by atoms with Crippen molar-refractivity contribution < 1.29 is 48.5 Å². The van der Waals surface area contributed by atoms with Crippen LogP contribution >= 0.6 is 0 Å². The Hall–Kier alpha value is -3.96. The summed E-state index contributed by atoms with van der Waals surface area (Å²) in [4.78, 5) is 74.8. The molecule has 2 atom stereocenters. The van der Waals surface area contributed by atoms with E-state index < -0.39 is 70.0 Å². The molecule has 0 saturated heterocycles. The lowest BCUT2D eigenvalue weighted by Gasteiger charge is -2.20. The van der Waals surface area contributed by atoms with Crippen LogP contribution in [0.15, 0.2) is 12.1 Å². The number of carboxylic acid groups (broad SMARTS) is 2. The minimum atomic E-state index is -1.61. The molecule has 0 fully saturated rings. The summed E-state index contributed by atoms with van der Waals surface area (Å²) in [6, 6.07) is -0.627. The molecule has 0 aliphatic rings. The number of rotatable bonds is 16. The molecule has 4 N–H and O–H groups in total. The summed E-state index contributed by atoms with van der Waals surface area (Å²) in [7, 11) is 0. The van der Waals surface area contributed by atoms with Crippen molar-refractivity contribution in [3.63, 3.8) is 0 Å². The molecule has 0 bridgehead atoms. The summed E-state index contributed by atoms with van der Waals surface area (Å²) in [5, 5.41) is 24.2. The third-order valence-corrected chi connectivity index (χ3v) is 5.55. The van der Waals surface area contributed by atoms with Gasteiger partial charge in [0.15, 0.2) is 0 Å². The van der Waals surface area contributed by atoms with E-state index in [1.54, 1.807) is 13.8 Å². The minimum absolute atomic E-state index is 0.0645. The Morgan fingerprint density at radius 1 is 0.658 bits per heavy atom. The summed E-state index contributed by atoms with van der Waals surface area (Å²) in [6.07, 6.45) is 3.00. The molecule has 2 unspecified atom stereocenters. The third-order valence-electron chi connectivity index (χ3n) is 5.55. The zero-order valence-electron chi connectivity index (χ0n) is 22.1. The molecular weight excluding hydrogens is 500 g/mol. The lowest BCUT2D eigenvalue weighted by Crippen LogP contribution is -2.43. The Morgan fingerprint density at radius 3 is 1.29 bits per heavy atom. The van der Waals surface area contributed by atoms with Gasteiger partial charge in [0, 0.05) is 0 Å². The van der Waals surface area contributed by atoms with Crippen LogP contribution in [0.1, 0.15) is 108 Å². The van der Waals surface area contributed by atoms with Crippen LogP contribution < -0.4 is 10.6 Å². The number of benzene rings is 1. The van der Waals surface area contributed by atoms with Gasteiger partial charge in [0.05, 0.1) is 35.5 Å². The quantitative estimate of drug-likeness (QED) is 0.229. The van der Waals surface area contributed by atoms with Gasteiger partial charge in [-0.2, -0.15) is 0 Å². The number of esters is 2. The number of amides is 2. The molecule has 0 aliphatic carbocycles. The maximum absolute atomic E-state index is 13.1. The van der Waals surface area contributed by atoms with Crippen molar-refractivity contribution in [1.29, 1.82) is 0 Å². The fourth-order valence-corrected chi connectivity index (χ4v) is 3.60.